The molecule has 3 aromatic heterocycles. The molecule has 0 aromatic carbocycles. The molecule has 1 N–H and O–H groups in total. The van der Waals surface area contributed by atoms with Gasteiger partial charge in [0.05, 0.1) is 28.5 Å². The molecule has 0 saturated heterocycles. The number of nitrogens with zero attached hydrogens (tertiary/aromatic N) is 3. The zero-order chi connectivity index (χ0) is 21.3. The Bertz CT molecular complexity index is 1130. The van der Waals surface area contributed by atoms with Crippen molar-refractivity contribution in [1.29, 1.82) is 0 Å². The average Bonchev–Trinajstić information content (AvgIpc) is 3.19. The summed E-state index contributed by atoms with van der Waals surface area (Å²) < 4.78 is 6.63. The van der Waals surface area contributed by atoms with Crippen molar-refractivity contribution in [2.24, 2.45) is 0 Å². The van der Waals surface area contributed by atoms with Crippen LogP contribution in [0.25, 0.3) is 5.65 Å². The minimum Gasteiger partial charge on any atom is -0.465 e. The smallest absolute Gasteiger partial charge is 0.341 e. The number of anilines is 1. The Morgan fingerprint density at radius 1 is 1.27 bits per heavy atom. The molecule has 1 amide bonds. The van der Waals surface area contributed by atoms with Crippen LogP contribution in [0.3, 0.4) is 0 Å². The van der Waals surface area contributed by atoms with Crippen molar-refractivity contribution in [2.75, 3.05) is 18.2 Å². The Hall–Kier alpha value is -1.81. The zero-order valence-corrected chi connectivity index (χ0v) is 19.2. The summed E-state index contributed by atoms with van der Waals surface area (Å²) in [6.45, 7) is 0. The van der Waals surface area contributed by atoms with Gasteiger partial charge in [0.2, 0.25) is 5.91 Å². The number of rotatable bonds is 5. The number of carbonyl (C=O) groups excluding carboxylic acids is 2. The van der Waals surface area contributed by atoms with Crippen molar-refractivity contribution in [2.45, 2.75) is 37.3 Å². The first-order valence-electron chi connectivity index (χ1n) is 9.33. The highest BCUT2D eigenvalue weighted by atomic mass is 35.5. The van der Waals surface area contributed by atoms with E-state index in [0.29, 0.717) is 31.4 Å². The molecular weight excluding hydrogens is 467 g/mol. The van der Waals surface area contributed by atoms with Crippen LogP contribution in [0.15, 0.2) is 17.4 Å². The Morgan fingerprint density at radius 2 is 2.07 bits per heavy atom. The third kappa shape index (κ3) is 4.30. The summed E-state index contributed by atoms with van der Waals surface area (Å²) in [6.07, 6.45) is 6.65. The summed E-state index contributed by atoms with van der Waals surface area (Å²) in [5.41, 5.74) is 1.98. The first kappa shape index (κ1) is 21.4. The number of esters is 1. The van der Waals surface area contributed by atoms with Gasteiger partial charge < -0.3 is 10.1 Å². The number of thioether (sulfide) groups is 1. The van der Waals surface area contributed by atoms with Crippen LogP contribution in [0.2, 0.25) is 10.0 Å². The molecule has 3 aromatic rings. The van der Waals surface area contributed by atoms with E-state index in [1.54, 1.807) is 16.7 Å². The number of methoxy groups -OCH3 is 1. The topological polar surface area (TPSA) is 85.6 Å². The van der Waals surface area contributed by atoms with E-state index in [2.05, 4.69) is 15.5 Å². The van der Waals surface area contributed by atoms with E-state index < -0.39 is 5.97 Å². The van der Waals surface area contributed by atoms with Crippen molar-refractivity contribution in [1.82, 2.24) is 14.6 Å². The number of aryl methyl sites for hydroxylation is 1. The first-order chi connectivity index (χ1) is 14.5. The molecule has 0 unspecified atom stereocenters. The number of thiophene rings is 1. The molecule has 3 heterocycles. The Balaban J connectivity index is 1.51. The first-order valence-corrected chi connectivity index (χ1v) is 11.9. The average molecular weight is 485 g/mol. The van der Waals surface area contributed by atoms with Gasteiger partial charge >= 0.3 is 5.97 Å². The molecule has 0 fully saturated rings. The van der Waals surface area contributed by atoms with Crippen LogP contribution in [0.5, 0.6) is 0 Å². The van der Waals surface area contributed by atoms with E-state index in [0.717, 1.165) is 42.5 Å². The Labute approximate surface area is 191 Å². The lowest BCUT2D eigenvalue weighted by Gasteiger charge is -2.07. The van der Waals surface area contributed by atoms with Gasteiger partial charge in [-0.2, -0.15) is 0 Å². The molecular formula is C19H18Cl2N4O3S2. The SMILES string of the molecule is COC(=O)c1c(NC(=O)CSc2nnc3c(Cl)cc(Cl)cn23)sc2c1CCCCC2. The summed E-state index contributed by atoms with van der Waals surface area (Å²) in [4.78, 5) is 26.2. The van der Waals surface area contributed by atoms with Crippen LogP contribution in [-0.2, 0) is 22.4 Å². The van der Waals surface area contributed by atoms with Crippen LogP contribution >= 0.6 is 46.3 Å². The van der Waals surface area contributed by atoms with E-state index in [-0.39, 0.29) is 11.7 Å². The van der Waals surface area contributed by atoms with Crippen molar-refractivity contribution in [3.05, 3.63) is 38.3 Å². The largest absolute Gasteiger partial charge is 0.465 e. The fourth-order valence-corrected chi connectivity index (χ4v) is 5.95. The number of aromatic nitrogens is 3. The van der Waals surface area contributed by atoms with E-state index in [1.807, 2.05) is 0 Å². The number of hydrogen-bond acceptors (Lipinski definition) is 7. The lowest BCUT2D eigenvalue weighted by molar-refractivity contribution is -0.113. The molecule has 0 radical (unpaired) electrons. The highest BCUT2D eigenvalue weighted by molar-refractivity contribution is 7.99. The summed E-state index contributed by atoms with van der Waals surface area (Å²) in [5, 5.41) is 12.9. The molecule has 158 valence electrons. The molecule has 30 heavy (non-hydrogen) atoms. The minimum atomic E-state index is -0.412. The number of hydrogen-bond donors (Lipinski definition) is 1. The van der Waals surface area contributed by atoms with Crippen molar-refractivity contribution in [3.63, 3.8) is 0 Å². The molecule has 0 saturated carbocycles. The quantitative estimate of drug-likeness (QED) is 0.315. The van der Waals surface area contributed by atoms with Crippen LogP contribution < -0.4 is 5.32 Å². The van der Waals surface area contributed by atoms with Gasteiger partial charge in [0.25, 0.3) is 0 Å². The van der Waals surface area contributed by atoms with E-state index in [4.69, 9.17) is 27.9 Å². The number of pyridine rings is 1. The summed E-state index contributed by atoms with van der Waals surface area (Å²) in [7, 11) is 1.36. The van der Waals surface area contributed by atoms with Gasteiger partial charge in [-0.1, -0.05) is 41.4 Å². The second-order valence-electron chi connectivity index (χ2n) is 6.78. The van der Waals surface area contributed by atoms with Gasteiger partial charge in [-0.3, -0.25) is 9.20 Å². The number of nitrogens with one attached hydrogen (secondary N) is 1. The zero-order valence-electron chi connectivity index (χ0n) is 16.0. The van der Waals surface area contributed by atoms with Crippen LogP contribution in [0.4, 0.5) is 5.00 Å². The van der Waals surface area contributed by atoms with Gasteiger partial charge in [0, 0.05) is 11.1 Å². The number of ether oxygens (including phenoxy) is 1. The molecule has 7 nitrogen and oxygen atoms in total. The maximum Gasteiger partial charge on any atom is 0.341 e. The molecule has 0 atom stereocenters. The van der Waals surface area contributed by atoms with Crippen LogP contribution in [0, 0.1) is 0 Å². The van der Waals surface area contributed by atoms with Crippen LogP contribution in [-0.4, -0.2) is 39.3 Å². The highest BCUT2D eigenvalue weighted by Gasteiger charge is 2.26. The molecule has 11 heteroatoms. The molecule has 0 aliphatic heterocycles. The third-order valence-corrected chi connectivity index (χ3v) is 7.43. The van der Waals surface area contributed by atoms with Gasteiger partial charge in [0.1, 0.15) is 5.00 Å². The fraction of sp³-hybridized carbons (Fsp3) is 0.368. The van der Waals surface area contributed by atoms with Gasteiger partial charge in [0.15, 0.2) is 10.8 Å². The lowest BCUT2D eigenvalue weighted by atomic mass is 10.1. The normalized spacial score (nSPS) is 13.7. The Kier molecular flexibility index (Phi) is 6.52. The number of amides is 1. The van der Waals surface area contributed by atoms with Gasteiger partial charge in [-0.25, -0.2) is 4.79 Å². The fourth-order valence-electron chi connectivity index (χ4n) is 3.44. The summed E-state index contributed by atoms with van der Waals surface area (Å²) in [6, 6.07) is 1.59. The van der Waals surface area contributed by atoms with Crippen molar-refractivity contribution >= 4 is 68.8 Å². The second kappa shape index (κ2) is 9.13. The highest BCUT2D eigenvalue weighted by Crippen LogP contribution is 2.38. The van der Waals surface area contributed by atoms with Crippen molar-refractivity contribution in [3.8, 4) is 0 Å². The van der Waals surface area contributed by atoms with Crippen molar-refractivity contribution < 1.29 is 14.3 Å². The van der Waals surface area contributed by atoms with Gasteiger partial charge in [-0.15, -0.1) is 21.5 Å². The molecule has 1 aliphatic rings. The Morgan fingerprint density at radius 3 is 2.87 bits per heavy atom. The predicted molar refractivity (Wildman–Crippen MR) is 119 cm³/mol. The second-order valence-corrected chi connectivity index (χ2v) is 9.67. The summed E-state index contributed by atoms with van der Waals surface area (Å²) in [5.74, 6) is -0.565. The molecule has 4 rings (SSSR count). The number of carbonyl (C=O) groups is 2. The number of halogens is 2. The lowest BCUT2D eigenvalue weighted by Crippen LogP contribution is -2.16. The number of fused-ring (bicyclic) bond motifs is 2. The van der Waals surface area contributed by atoms with E-state index >= 15 is 0 Å². The standard InChI is InChI=1S/C19H18Cl2N4O3S2/c1-28-18(27)15-11-5-3-2-4-6-13(11)30-17(15)22-14(26)9-29-19-24-23-16-12(21)7-10(20)8-25(16)19/h7-8H,2-6,9H2,1H3,(H,22,26). The third-order valence-electron chi connectivity index (χ3n) is 4.79. The monoisotopic (exact) mass is 484 g/mol. The maximum absolute atomic E-state index is 12.6. The molecule has 1 aliphatic carbocycles. The maximum atomic E-state index is 12.6. The molecule has 0 bridgehead atoms. The van der Waals surface area contributed by atoms with E-state index in [1.165, 1.54) is 30.2 Å². The minimum absolute atomic E-state index is 0.0914. The summed E-state index contributed by atoms with van der Waals surface area (Å²) >= 11 is 14.9. The predicted octanol–water partition coefficient (Wildman–Crippen LogP) is 4.88. The van der Waals surface area contributed by atoms with E-state index in [9.17, 15) is 9.59 Å². The van der Waals surface area contributed by atoms with Gasteiger partial charge in [-0.05, 0) is 37.3 Å². The molecule has 0 spiro atoms. The van der Waals surface area contributed by atoms with Crippen LogP contribution in [0.1, 0.15) is 40.1 Å².